The lowest BCUT2D eigenvalue weighted by molar-refractivity contribution is -0.301. The monoisotopic (exact) mass is 367 g/mol. The van der Waals surface area contributed by atoms with Gasteiger partial charge in [-0.1, -0.05) is 29.8 Å². The Hall–Kier alpha value is -2.19. The first kappa shape index (κ1) is 16.7. The molecule has 0 saturated carbocycles. The van der Waals surface area contributed by atoms with Crippen molar-refractivity contribution in [2.24, 2.45) is 0 Å². The minimum absolute atomic E-state index is 0.0572. The van der Waals surface area contributed by atoms with E-state index in [1.165, 1.54) is 11.8 Å². The minimum atomic E-state index is -1.50. The molecule has 3 rings (SSSR count). The van der Waals surface area contributed by atoms with E-state index in [9.17, 15) is 19.5 Å². The summed E-state index contributed by atoms with van der Waals surface area (Å²) in [7, 11) is 0. The van der Waals surface area contributed by atoms with Crippen molar-refractivity contribution in [3.63, 3.8) is 0 Å². The summed E-state index contributed by atoms with van der Waals surface area (Å²) in [4.78, 5) is 36.3. The van der Waals surface area contributed by atoms with E-state index in [0.29, 0.717) is 5.75 Å². The van der Waals surface area contributed by atoms with Gasteiger partial charge >= 0.3 is 0 Å². The van der Waals surface area contributed by atoms with Gasteiger partial charge in [0.25, 0.3) is 11.8 Å². The Kier molecular flexibility index (Phi) is 4.68. The minimum Gasteiger partial charge on any atom is -0.543 e. The summed E-state index contributed by atoms with van der Waals surface area (Å²) in [6.45, 7) is -0.241. The van der Waals surface area contributed by atoms with Gasteiger partial charge < -0.3 is 20.0 Å². The van der Waals surface area contributed by atoms with Crippen molar-refractivity contribution >= 4 is 41.1 Å². The largest absolute Gasteiger partial charge is 0.543 e. The molecule has 0 bridgehead atoms. The molecule has 1 N–H and O–H groups in total. The molecule has 2 amide bonds. The Morgan fingerprint density at radius 2 is 2.08 bits per heavy atom. The van der Waals surface area contributed by atoms with Gasteiger partial charge in [-0.3, -0.25) is 14.5 Å². The van der Waals surface area contributed by atoms with E-state index in [-0.39, 0.29) is 23.1 Å². The average molecular weight is 368 g/mol. The van der Waals surface area contributed by atoms with Gasteiger partial charge in [-0.15, -0.1) is 11.8 Å². The number of amides is 2. The van der Waals surface area contributed by atoms with Gasteiger partial charge in [-0.05, 0) is 12.1 Å². The van der Waals surface area contributed by atoms with Gasteiger partial charge in [0.1, 0.15) is 17.2 Å². The molecule has 0 radical (unpaired) electrons. The van der Waals surface area contributed by atoms with Crippen molar-refractivity contribution in [3.05, 3.63) is 41.1 Å². The van der Waals surface area contributed by atoms with Crippen LogP contribution in [0.4, 0.5) is 0 Å². The molecule has 24 heavy (non-hydrogen) atoms. The Balaban J connectivity index is 1.59. The molecule has 9 heteroatoms. The van der Waals surface area contributed by atoms with Crippen LogP contribution in [0, 0.1) is 0 Å². The van der Waals surface area contributed by atoms with Crippen LogP contribution in [0.25, 0.3) is 0 Å². The Bertz CT molecular complexity index is 724. The molecular formula is C15H12ClN2O5S-. The second kappa shape index (κ2) is 6.74. The van der Waals surface area contributed by atoms with Gasteiger partial charge in [0.05, 0.1) is 16.7 Å². The number of hydrogen-bond acceptors (Lipinski definition) is 6. The first-order valence-corrected chi connectivity index (χ1v) is 8.43. The van der Waals surface area contributed by atoms with E-state index in [2.05, 4.69) is 5.32 Å². The molecule has 0 aliphatic carbocycles. The average Bonchev–Trinajstić information content (AvgIpc) is 2.58. The van der Waals surface area contributed by atoms with Crippen LogP contribution in [0.1, 0.15) is 0 Å². The fourth-order valence-corrected chi connectivity index (χ4v) is 4.00. The molecule has 126 valence electrons. The molecule has 2 aliphatic rings. The number of carboxylic acids is 1. The quantitative estimate of drug-likeness (QED) is 0.715. The fourth-order valence-electron chi connectivity index (χ4n) is 2.45. The van der Waals surface area contributed by atoms with Crippen LogP contribution < -0.4 is 15.2 Å². The highest BCUT2D eigenvalue weighted by atomic mass is 35.5. The summed E-state index contributed by atoms with van der Waals surface area (Å²) in [6, 6.07) is 7.98. The van der Waals surface area contributed by atoms with Crippen LogP contribution in [-0.2, 0) is 14.4 Å². The highest BCUT2D eigenvalue weighted by molar-refractivity contribution is 8.00. The smallest absolute Gasteiger partial charge is 0.258 e. The maximum atomic E-state index is 12.1. The number of β-lactam (4-membered cyclic amide) rings is 1. The first-order chi connectivity index (χ1) is 11.5. The topological polar surface area (TPSA) is 98.8 Å². The molecule has 2 aliphatic heterocycles. The number of halogens is 1. The van der Waals surface area contributed by atoms with Crippen LogP contribution in [-0.4, -0.2) is 46.5 Å². The van der Waals surface area contributed by atoms with Crippen LogP contribution in [0.15, 0.2) is 41.1 Å². The van der Waals surface area contributed by atoms with Gasteiger partial charge in [0.2, 0.25) is 0 Å². The van der Waals surface area contributed by atoms with Crippen molar-refractivity contribution in [2.45, 2.75) is 11.4 Å². The third kappa shape index (κ3) is 3.07. The molecule has 1 fully saturated rings. The normalized spacial score (nSPS) is 22.5. The Labute approximate surface area is 146 Å². The van der Waals surface area contributed by atoms with Crippen molar-refractivity contribution in [2.75, 3.05) is 12.4 Å². The molecule has 7 nitrogen and oxygen atoms in total. The van der Waals surface area contributed by atoms with E-state index >= 15 is 0 Å². The van der Waals surface area contributed by atoms with Gasteiger partial charge in [0, 0.05) is 5.75 Å². The second-order valence-corrected chi connectivity index (χ2v) is 6.66. The third-order valence-electron chi connectivity index (χ3n) is 3.54. The summed E-state index contributed by atoms with van der Waals surface area (Å²) >= 11 is 7.12. The number of ether oxygens (including phenoxy) is 1. The molecular weight excluding hydrogens is 356 g/mol. The lowest BCUT2D eigenvalue weighted by Crippen LogP contribution is -2.71. The summed E-state index contributed by atoms with van der Waals surface area (Å²) in [6.07, 6.45) is 0. The number of nitrogens with zero attached hydrogens (tertiary/aromatic N) is 1. The van der Waals surface area contributed by atoms with Gasteiger partial charge in [0.15, 0.2) is 6.61 Å². The first-order valence-electron chi connectivity index (χ1n) is 7.01. The molecule has 1 saturated heterocycles. The number of benzene rings is 1. The number of aliphatic carboxylic acids is 1. The number of para-hydroxylation sites is 1. The van der Waals surface area contributed by atoms with Crippen LogP contribution in [0.5, 0.6) is 5.75 Å². The summed E-state index contributed by atoms with van der Waals surface area (Å²) in [5.41, 5.74) is -0.323. The highest BCUT2D eigenvalue weighted by Crippen LogP contribution is 2.40. The van der Waals surface area contributed by atoms with Crippen LogP contribution in [0.2, 0.25) is 0 Å². The molecule has 0 spiro atoms. The number of hydrogen-bond donors (Lipinski definition) is 1. The third-order valence-corrected chi connectivity index (χ3v) is 5.30. The van der Waals surface area contributed by atoms with Crippen molar-refractivity contribution in [3.8, 4) is 5.75 Å². The second-order valence-electron chi connectivity index (χ2n) is 5.10. The number of carbonyl (C=O) groups is 3. The van der Waals surface area contributed by atoms with Gasteiger partial charge in [-0.25, -0.2) is 0 Å². The highest BCUT2D eigenvalue weighted by Gasteiger charge is 2.52. The van der Waals surface area contributed by atoms with E-state index < -0.39 is 29.2 Å². The predicted molar refractivity (Wildman–Crippen MR) is 84.8 cm³/mol. The van der Waals surface area contributed by atoms with Crippen LogP contribution in [0.3, 0.4) is 0 Å². The fraction of sp³-hybridized carbons (Fsp3) is 0.267. The number of nitrogens with one attached hydrogen (secondary N) is 1. The number of carboxylic acid groups (broad SMARTS) is 1. The molecule has 1 aromatic rings. The summed E-state index contributed by atoms with van der Waals surface area (Å²) in [5, 5.41) is 13.2. The zero-order valence-electron chi connectivity index (χ0n) is 12.2. The van der Waals surface area contributed by atoms with Crippen molar-refractivity contribution in [1.82, 2.24) is 10.2 Å². The van der Waals surface area contributed by atoms with E-state index in [1.807, 2.05) is 6.07 Å². The molecule has 1 aromatic carbocycles. The van der Waals surface area contributed by atoms with Crippen molar-refractivity contribution < 1.29 is 24.2 Å². The number of thioether (sulfide) groups is 1. The zero-order valence-corrected chi connectivity index (χ0v) is 13.8. The summed E-state index contributed by atoms with van der Waals surface area (Å²) in [5.74, 6) is -1.72. The lowest BCUT2D eigenvalue weighted by atomic mass is 10.1. The van der Waals surface area contributed by atoms with E-state index in [1.54, 1.807) is 24.3 Å². The number of fused-ring (bicyclic) bond motifs is 1. The zero-order chi connectivity index (χ0) is 17.3. The number of carbonyl (C=O) groups excluding carboxylic acids is 3. The lowest BCUT2D eigenvalue weighted by Gasteiger charge is -2.50. The molecule has 2 heterocycles. The Morgan fingerprint density at radius 1 is 1.38 bits per heavy atom. The Morgan fingerprint density at radius 3 is 2.75 bits per heavy atom. The SMILES string of the molecule is O=C(COc1ccccc1)N[C@@H]1C(=O)N2C(C(=O)[O-])=C(Cl)CS[C@H]12. The summed E-state index contributed by atoms with van der Waals surface area (Å²) < 4.78 is 5.31. The van der Waals surface area contributed by atoms with E-state index in [0.717, 1.165) is 4.90 Å². The molecule has 0 aromatic heterocycles. The molecule has 0 unspecified atom stereocenters. The standard InChI is InChI=1S/C15H13ClN2O5S/c16-9-7-24-14-11(13(20)18(14)12(9)15(21)22)17-10(19)6-23-8-4-2-1-3-5-8/h1-5,11,14H,6-7H2,(H,17,19)(H,21,22)/p-1/t11-,14-/m1/s1. The maximum absolute atomic E-state index is 12.1. The van der Waals surface area contributed by atoms with E-state index in [4.69, 9.17) is 16.3 Å². The van der Waals surface area contributed by atoms with Crippen LogP contribution >= 0.6 is 23.4 Å². The predicted octanol–water partition coefficient (Wildman–Crippen LogP) is -0.334. The number of rotatable bonds is 5. The van der Waals surface area contributed by atoms with Gasteiger partial charge in [-0.2, -0.15) is 0 Å². The molecule has 2 atom stereocenters. The maximum Gasteiger partial charge on any atom is 0.258 e. The van der Waals surface area contributed by atoms with Crippen molar-refractivity contribution in [1.29, 1.82) is 0 Å².